The number of carbonyl (C=O) groups excluding carboxylic acids is 1. The number of carbonyl (C=O) groups is 1. The first-order valence-corrected chi connectivity index (χ1v) is 6.91. The minimum Gasteiger partial charge on any atom is -0.302 e. The van der Waals surface area contributed by atoms with Crippen molar-refractivity contribution in [3.05, 3.63) is 30.1 Å². The van der Waals surface area contributed by atoms with Crippen LogP contribution in [0, 0.1) is 6.92 Å². The van der Waals surface area contributed by atoms with Gasteiger partial charge in [0.15, 0.2) is 5.13 Å². The van der Waals surface area contributed by atoms with Crippen molar-refractivity contribution in [1.82, 2.24) is 25.2 Å². The quantitative estimate of drug-likeness (QED) is 0.788. The van der Waals surface area contributed by atoms with E-state index in [1.165, 1.54) is 22.3 Å². The Morgan fingerprint density at radius 3 is 3.10 bits per heavy atom. The van der Waals surface area contributed by atoms with Crippen molar-refractivity contribution in [3.8, 4) is 0 Å². The lowest BCUT2D eigenvalue weighted by Gasteiger charge is -2.00. The van der Waals surface area contributed by atoms with Crippen LogP contribution in [0.4, 0.5) is 5.13 Å². The van der Waals surface area contributed by atoms with Crippen LogP contribution >= 0.6 is 11.3 Å². The number of aryl methyl sites for hydroxylation is 2. The third-order valence-corrected chi connectivity index (χ3v) is 3.76. The van der Waals surface area contributed by atoms with Gasteiger partial charge >= 0.3 is 0 Å². The summed E-state index contributed by atoms with van der Waals surface area (Å²) in [5.41, 5.74) is 2.04. The molecule has 0 atom stereocenters. The number of rotatable bonds is 4. The topological polar surface area (TPSA) is 85.6 Å². The zero-order valence-electron chi connectivity index (χ0n) is 10.8. The second-order valence-corrected chi connectivity index (χ2v) is 5.34. The van der Waals surface area contributed by atoms with E-state index in [1.807, 2.05) is 25.1 Å². The summed E-state index contributed by atoms with van der Waals surface area (Å²) < 4.78 is 2.59. The number of aromatic nitrogens is 5. The van der Waals surface area contributed by atoms with E-state index in [0.717, 1.165) is 15.8 Å². The van der Waals surface area contributed by atoms with Gasteiger partial charge in [-0.25, -0.2) is 9.67 Å². The highest BCUT2D eigenvalue weighted by Crippen LogP contribution is 2.27. The van der Waals surface area contributed by atoms with Gasteiger partial charge in [-0.15, -0.1) is 5.10 Å². The molecule has 0 unspecified atom stereocenters. The van der Waals surface area contributed by atoms with Gasteiger partial charge in [0.05, 0.1) is 16.8 Å². The minimum absolute atomic E-state index is 0.0998. The molecule has 0 saturated heterocycles. The summed E-state index contributed by atoms with van der Waals surface area (Å²) >= 11 is 1.47. The number of nitrogens with one attached hydrogen (secondary N) is 1. The van der Waals surface area contributed by atoms with Crippen LogP contribution in [0.3, 0.4) is 0 Å². The number of tetrazole rings is 1. The second kappa shape index (κ2) is 5.33. The van der Waals surface area contributed by atoms with Gasteiger partial charge in [0.2, 0.25) is 5.91 Å². The summed E-state index contributed by atoms with van der Waals surface area (Å²) in [5, 5.41) is 14.2. The number of hydrogen-bond acceptors (Lipinski definition) is 6. The van der Waals surface area contributed by atoms with Crippen LogP contribution in [0.15, 0.2) is 24.5 Å². The Morgan fingerprint density at radius 1 is 1.45 bits per heavy atom. The van der Waals surface area contributed by atoms with Crippen molar-refractivity contribution in [2.24, 2.45) is 0 Å². The molecule has 102 valence electrons. The van der Waals surface area contributed by atoms with Crippen molar-refractivity contribution in [2.75, 3.05) is 5.32 Å². The van der Waals surface area contributed by atoms with Crippen molar-refractivity contribution in [3.63, 3.8) is 0 Å². The Bertz CT molecular complexity index is 736. The van der Waals surface area contributed by atoms with E-state index in [9.17, 15) is 4.79 Å². The second-order valence-electron chi connectivity index (χ2n) is 4.31. The first kappa shape index (κ1) is 12.7. The van der Waals surface area contributed by atoms with Crippen LogP contribution in [0.1, 0.15) is 12.0 Å². The molecule has 0 aliphatic rings. The largest absolute Gasteiger partial charge is 0.302 e. The van der Waals surface area contributed by atoms with Gasteiger partial charge in [0.25, 0.3) is 0 Å². The van der Waals surface area contributed by atoms with Crippen LogP contribution in [-0.2, 0) is 11.3 Å². The number of hydrogen-bond donors (Lipinski definition) is 1. The fourth-order valence-corrected chi connectivity index (χ4v) is 2.78. The summed E-state index contributed by atoms with van der Waals surface area (Å²) in [6.45, 7) is 2.45. The van der Waals surface area contributed by atoms with Crippen LogP contribution in [0.5, 0.6) is 0 Å². The van der Waals surface area contributed by atoms with Gasteiger partial charge in [-0.2, -0.15) is 0 Å². The molecule has 1 aromatic carbocycles. The maximum atomic E-state index is 11.8. The molecule has 20 heavy (non-hydrogen) atoms. The predicted molar refractivity (Wildman–Crippen MR) is 75.4 cm³/mol. The lowest BCUT2D eigenvalue weighted by atomic mass is 10.2. The first-order valence-electron chi connectivity index (χ1n) is 6.09. The van der Waals surface area contributed by atoms with Gasteiger partial charge in [-0.1, -0.05) is 23.5 Å². The van der Waals surface area contributed by atoms with Gasteiger partial charge < -0.3 is 5.32 Å². The zero-order valence-corrected chi connectivity index (χ0v) is 11.6. The van der Waals surface area contributed by atoms with E-state index < -0.39 is 0 Å². The summed E-state index contributed by atoms with van der Waals surface area (Å²) in [6.07, 6.45) is 1.79. The summed E-state index contributed by atoms with van der Waals surface area (Å²) in [5.74, 6) is -0.0998. The number of thiazole rings is 1. The first-order chi connectivity index (χ1) is 9.72. The third kappa shape index (κ3) is 2.64. The molecule has 0 fully saturated rings. The van der Waals surface area contributed by atoms with Gasteiger partial charge in [-0.05, 0) is 29.0 Å². The van der Waals surface area contributed by atoms with Gasteiger partial charge in [0, 0.05) is 6.42 Å². The lowest BCUT2D eigenvalue weighted by molar-refractivity contribution is -0.116. The Hall–Kier alpha value is -2.35. The fourth-order valence-electron chi connectivity index (χ4n) is 1.82. The van der Waals surface area contributed by atoms with Crippen molar-refractivity contribution in [1.29, 1.82) is 0 Å². The van der Waals surface area contributed by atoms with Crippen LogP contribution in [0.25, 0.3) is 10.2 Å². The molecular formula is C12H12N6OS. The molecule has 1 amide bonds. The number of para-hydroxylation sites is 1. The van der Waals surface area contributed by atoms with Crippen LogP contribution in [0.2, 0.25) is 0 Å². The Balaban J connectivity index is 1.66. The number of amides is 1. The van der Waals surface area contributed by atoms with Crippen LogP contribution in [-0.4, -0.2) is 31.1 Å². The number of benzene rings is 1. The molecule has 0 spiro atoms. The van der Waals surface area contributed by atoms with Crippen LogP contribution < -0.4 is 5.32 Å². The van der Waals surface area contributed by atoms with E-state index in [0.29, 0.717) is 18.1 Å². The smallest absolute Gasteiger partial charge is 0.228 e. The molecular weight excluding hydrogens is 276 g/mol. The minimum atomic E-state index is -0.0998. The number of nitrogens with zero attached hydrogens (tertiary/aromatic N) is 5. The fraction of sp³-hybridized carbons (Fsp3) is 0.250. The Kier molecular flexibility index (Phi) is 3.38. The van der Waals surface area contributed by atoms with Crippen molar-refractivity contribution < 1.29 is 4.79 Å². The van der Waals surface area contributed by atoms with E-state index in [4.69, 9.17) is 0 Å². The number of anilines is 1. The van der Waals surface area contributed by atoms with E-state index >= 15 is 0 Å². The average Bonchev–Trinajstić information content (AvgIpc) is 3.05. The molecule has 0 aliphatic heterocycles. The molecule has 1 N–H and O–H groups in total. The highest BCUT2D eigenvalue weighted by molar-refractivity contribution is 7.22. The van der Waals surface area contributed by atoms with E-state index in [-0.39, 0.29) is 5.91 Å². The van der Waals surface area contributed by atoms with E-state index in [2.05, 4.69) is 25.8 Å². The Morgan fingerprint density at radius 2 is 2.35 bits per heavy atom. The molecule has 0 bridgehead atoms. The highest BCUT2D eigenvalue weighted by atomic mass is 32.1. The van der Waals surface area contributed by atoms with Gasteiger partial charge in [-0.3, -0.25) is 4.79 Å². The summed E-state index contributed by atoms with van der Waals surface area (Å²) in [7, 11) is 0. The third-order valence-electron chi connectivity index (χ3n) is 2.83. The molecule has 2 aromatic heterocycles. The molecule has 2 heterocycles. The molecule has 7 nitrogen and oxygen atoms in total. The molecule has 3 rings (SSSR count). The van der Waals surface area contributed by atoms with Crippen molar-refractivity contribution >= 4 is 32.6 Å². The van der Waals surface area contributed by atoms with E-state index in [1.54, 1.807) is 0 Å². The number of fused-ring (bicyclic) bond motifs is 1. The highest BCUT2D eigenvalue weighted by Gasteiger charge is 2.09. The summed E-state index contributed by atoms with van der Waals surface area (Å²) in [6, 6.07) is 5.99. The normalized spacial score (nSPS) is 10.8. The maximum absolute atomic E-state index is 11.8. The molecule has 0 saturated carbocycles. The zero-order chi connectivity index (χ0) is 13.9. The maximum Gasteiger partial charge on any atom is 0.228 e. The lowest BCUT2D eigenvalue weighted by Crippen LogP contribution is -2.14. The van der Waals surface area contributed by atoms with Crippen molar-refractivity contribution in [2.45, 2.75) is 19.9 Å². The van der Waals surface area contributed by atoms with Gasteiger partial charge in [0.1, 0.15) is 6.33 Å². The summed E-state index contributed by atoms with van der Waals surface area (Å²) in [4.78, 5) is 16.3. The monoisotopic (exact) mass is 288 g/mol. The SMILES string of the molecule is Cc1cccc2sc(NC(=O)CCn3cnnn3)nc12. The average molecular weight is 288 g/mol. The molecule has 0 aliphatic carbocycles. The molecule has 0 radical (unpaired) electrons. The Labute approximate surface area is 118 Å². The molecule has 8 heteroatoms. The predicted octanol–water partition coefficient (Wildman–Crippen LogP) is 1.62. The standard InChI is InChI=1S/C12H12N6OS/c1-8-3-2-4-9-11(8)15-12(20-9)14-10(19)5-6-18-7-13-16-17-18/h2-4,7H,5-6H2,1H3,(H,14,15,19). The molecule has 3 aromatic rings.